The van der Waals surface area contributed by atoms with Crippen molar-refractivity contribution >= 4 is 27.4 Å². The standard InChI is InChI=1S/C16H24N4S/c1-4-5-8-20(12-6-7-12)9-13-18-15(17)14-10(2)11(3)21-16(14)19-13/h12H,4-9H2,1-3H3,(H2,17,18,19). The zero-order valence-electron chi connectivity index (χ0n) is 13.1. The second-order valence-electron chi connectivity index (χ2n) is 6.04. The Hall–Kier alpha value is -1.20. The Bertz CT molecular complexity index is 645. The molecule has 0 aliphatic heterocycles. The predicted molar refractivity (Wildman–Crippen MR) is 89.6 cm³/mol. The normalized spacial score (nSPS) is 15.2. The molecule has 2 aromatic rings. The van der Waals surface area contributed by atoms with Gasteiger partial charge in [0.15, 0.2) is 0 Å². The van der Waals surface area contributed by atoms with Gasteiger partial charge in [-0.2, -0.15) is 0 Å². The summed E-state index contributed by atoms with van der Waals surface area (Å²) in [4.78, 5) is 14.2. The second kappa shape index (κ2) is 5.89. The van der Waals surface area contributed by atoms with E-state index in [9.17, 15) is 0 Å². The van der Waals surface area contributed by atoms with Gasteiger partial charge in [-0.25, -0.2) is 9.97 Å². The van der Waals surface area contributed by atoms with Gasteiger partial charge in [-0.3, -0.25) is 4.90 Å². The van der Waals surface area contributed by atoms with Crippen molar-refractivity contribution in [2.75, 3.05) is 12.3 Å². The highest BCUT2D eigenvalue weighted by atomic mass is 32.1. The Morgan fingerprint density at radius 3 is 2.71 bits per heavy atom. The Morgan fingerprint density at radius 1 is 1.29 bits per heavy atom. The fourth-order valence-electron chi connectivity index (χ4n) is 2.77. The maximum atomic E-state index is 6.18. The van der Waals surface area contributed by atoms with Gasteiger partial charge in [0.05, 0.1) is 11.9 Å². The van der Waals surface area contributed by atoms with Gasteiger partial charge < -0.3 is 5.73 Å². The van der Waals surface area contributed by atoms with E-state index in [0.29, 0.717) is 5.82 Å². The van der Waals surface area contributed by atoms with E-state index in [1.807, 2.05) is 0 Å². The molecule has 1 fully saturated rings. The minimum absolute atomic E-state index is 0.642. The van der Waals surface area contributed by atoms with E-state index < -0.39 is 0 Å². The summed E-state index contributed by atoms with van der Waals surface area (Å²) < 4.78 is 0. The number of hydrogen-bond acceptors (Lipinski definition) is 5. The van der Waals surface area contributed by atoms with Crippen LogP contribution < -0.4 is 5.73 Å². The van der Waals surface area contributed by atoms with Gasteiger partial charge in [0.25, 0.3) is 0 Å². The Labute approximate surface area is 130 Å². The van der Waals surface area contributed by atoms with Crippen LogP contribution in [0.4, 0.5) is 5.82 Å². The van der Waals surface area contributed by atoms with Crippen molar-refractivity contribution in [3.05, 3.63) is 16.3 Å². The SMILES string of the molecule is CCCCN(Cc1nc(N)c2c(C)c(C)sc2n1)C1CC1. The first-order valence-corrected chi connectivity index (χ1v) is 8.68. The van der Waals surface area contributed by atoms with Crippen molar-refractivity contribution in [1.82, 2.24) is 14.9 Å². The lowest BCUT2D eigenvalue weighted by molar-refractivity contribution is 0.245. The molecule has 0 unspecified atom stereocenters. The van der Waals surface area contributed by atoms with Gasteiger partial charge >= 0.3 is 0 Å². The number of aryl methyl sites for hydroxylation is 2. The largest absolute Gasteiger partial charge is 0.383 e. The lowest BCUT2D eigenvalue weighted by Gasteiger charge is -2.20. The summed E-state index contributed by atoms with van der Waals surface area (Å²) in [6, 6.07) is 0.740. The highest BCUT2D eigenvalue weighted by Gasteiger charge is 2.29. The van der Waals surface area contributed by atoms with E-state index in [-0.39, 0.29) is 0 Å². The van der Waals surface area contributed by atoms with Crippen LogP contribution in [0.25, 0.3) is 10.2 Å². The molecule has 21 heavy (non-hydrogen) atoms. The summed E-state index contributed by atoms with van der Waals surface area (Å²) >= 11 is 1.73. The van der Waals surface area contributed by atoms with Gasteiger partial charge in [0.1, 0.15) is 16.5 Å². The van der Waals surface area contributed by atoms with E-state index in [4.69, 9.17) is 10.7 Å². The summed E-state index contributed by atoms with van der Waals surface area (Å²) in [6.45, 7) is 8.44. The molecule has 0 bridgehead atoms. The molecule has 0 amide bonds. The molecular weight excluding hydrogens is 280 g/mol. The lowest BCUT2D eigenvalue weighted by Crippen LogP contribution is -2.27. The zero-order chi connectivity index (χ0) is 15.0. The summed E-state index contributed by atoms with van der Waals surface area (Å²) in [5, 5.41) is 1.05. The number of nitrogens with two attached hydrogens (primary N) is 1. The minimum atomic E-state index is 0.642. The van der Waals surface area contributed by atoms with Crippen LogP contribution in [-0.2, 0) is 6.54 Å². The van der Waals surface area contributed by atoms with Gasteiger partial charge in [-0.05, 0) is 45.2 Å². The van der Waals surface area contributed by atoms with E-state index in [2.05, 4.69) is 30.7 Å². The summed E-state index contributed by atoms with van der Waals surface area (Å²) in [5.74, 6) is 1.52. The Morgan fingerprint density at radius 2 is 2.05 bits per heavy atom. The van der Waals surface area contributed by atoms with Crippen LogP contribution in [0.1, 0.15) is 48.9 Å². The van der Waals surface area contributed by atoms with Crippen LogP contribution in [0.2, 0.25) is 0 Å². The predicted octanol–water partition coefficient (Wildman–Crippen LogP) is 3.65. The van der Waals surface area contributed by atoms with Crippen LogP contribution in [0.5, 0.6) is 0 Å². The number of thiophene rings is 1. The van der Waals surface area contributed by atoms with Gasteiger partial charge in [-0.1, -0.05) is 13.3 Å². The molecule has 2 heterocycles. The fraction of sp³-hybridized carbons (Fsp3) is 0.625. The molecule has 0 aromatic carbocycles. The first kappa shape index (κ1) is 14.7. The molecule has 1 aliphatic rings. The van der Waals surface area contributed by atoms with Crippen LogP contribution >= 0.6 is 11.3 Å². The third-order valence-corrected chi connectivity index (χ3v) is 5.41. The van der Waals surface area contributed by atoms with E-state index in [1.165, 1.54) is 36.1 Å². The molecule has 114 valence electrons. The topological polar surface area (TPSA) is 55.0 Å². The van der Waals surface area contributed by atoms with Crippen molar-refractivity contribution in [3.8, 4) is 0 Å². The molecule has 0 radical (unpaired) electrons. The summed E-state index contributed by atoms with van der Waals surface area (Å²) in [5.41, 5.74) is 7.40. The molecule has 3 rings (SSSR count). The van der Waals surface area contributed by atoms with Crippen molar-refractivity contribution < 1.29 is 0 Å². The smallest absolute Gasteiger partial charge is 0.146 e. The average molecular weight is 304 g/mol. The minimum Gasteiger partial charge on any atom is -0.383 e. The first-order chi connectivity index (χ1) is 10.1. The summed E-state index contributed by atoms with van der Waals surface area (Å²) in [6.07, 6.45) is 5.11. The van der Waals surface area contributed by atoms with E-state index >= 15 is 0 Å². The quantitative estimate of drug-likeness (QED) is 0.885. The number of anilines is 1. The van der Waals surface area contributed by atoms with Crippen molar-refractivity contribution in [2.24, 2.45) is 0 Å². The van der Waals surface area contributed by atoms with Crippen molar-refractivity contribution in [1.29, 1.82) is 0 Å². The lowest BCUT2D eigenvalue weighted by atomic mass is 10.2. The van der Waals surface area contributed by atoms with Crippen LogP contribution in [-0.4, -0.2) is 27.5 Å². The monoisotopic (exact) mass is 304 g/mol. The van der Waals surface area contributed by atoms with Crippen LogP contribution in [0.3, 0.4) is 0 Å². The van der Waals surface area contributed by atoms with E-state index in [0.717, 1.165) is 35.2 Å². The molecule has 4 nitrogen and oxygen atoms in total. The van der Waals surface area contributed by atoms with Gasteiger partial charge in [0, 0.05) is 10.9 Å². The number of hydrogen-bond donors (Lipinski definition) is 1. The molecule has 0 spiro atoms. The number of rotatable bonds is 6. The number of nitrogens with zero attached hydrogens (tertiary/aromatic N) is 3. The molecular formula is C16H24N4S. The number of unbranched alkanes of at least 4 members (excludes halogenated alkanes) is 1. The fourth-order valence-corrected chi connectivity index (χ4v) is 3.83. The Kier molecular flexibility index (Phi) is 4.13. The second-order valence-corrected chi connectivity index (χ2v) is 7.25. The van der Waals surface area contributed by atoms with Crippen molar-refractivity contribution in [3.63, 3.8) is 0 Å². The highest BCUT2D eigenvalue weighted by molar-refractivity contribution is 7.18. The maximum absolute atomic E-state index is 6.18. The molecule has 2 aromatic heterocycles. The molecule has 0 saturated heterocycles. The maximum Gasteiger partial charge on any atom is 0.146 e. The van der Waals surface area contributed by atoms with Crippen LogP contribution in [0.15, 0.2) is 0 Å². The van der Waals surface area contributed by atoms with Crippen LogP contribution in [0, 0.1) is 13.8 Å². The summed E-state index contributed by atoms with van der Waals surface area (Å²) in [7, 11) is 0. The molecule has 1 aliphatic carbocycles. The molecule has 5 heteroatoms. The molecule has 0 atom stereocenters. The number of nitrogen functional groups attached to an aromatic ring is 1. The first-order valence-electron chi connectivity index (χ1n) is 7.86. The average Bonchev–Trinajstić information content (AvgIpc) is 3.23. The molecule has 2 N–H and O–H groups in total. The van der Waals surface area contributed by atoms with E-state index in [1.54, 1.807) is 11.3 Å². The molecule has 1 saturated carbocycles. The number of aromatic nitrogens is 2. The third-order valence-electron chi connectivity index (χ3n) is 4.31. The van der Waals surface area contributed by atoms with Gasteiger partial charge in [0.2, 0.25) is 0 Å². The van der Waals surface area contributed by atoms with Crippen molar-refractivity contribution in [2.45, 2.75) is 59.0 Å². The highest BCUT2D eigenvalue weighted by Crippen LogP contribution is 2.33. The van der Waals surface area contributed by atoms with Gasteiger partial charge in [-0.15, -0.1) is 11.3 Å². The number of fused-ring (bicyclic) bond motifs is 1. The third kappa shape index (κ3) is 3.04. The zero-order valence-corrected chi connectivity index (χ0v) is 14.0. The Balaban J connectivity index is 1.86.